The predicted octanol–water partition coefficient (Wildman–Crippen LogP) is 7.99. The third-order valence-electron chi connectivity index (χ3n) is 5.72. The number of aldehydes is 1. The molecule has 9 heteroatoms. The van der Waals surface area contributed by atoms with Gasteiger partial charge in [-0.1, -0.05) is 19.9 Å². The summed E-state index contributed by atoms with van der Waals surface area (Å²) in [5, 5.41) is 2.61. The van der Waals surface area contributed by atoms with E-state index in [0.717, 1.165) is 36.8 Å². The molecule has 0 aliphatic carbocycles. The Kier molecular flexibility index (Phi) is 13.3. The van der Waals surface area contributed by atoms with Gasteiger partial charge in [-0.05, 0) is 102 Å². The quantitative estimate of drug-likeness (QED) is 0.310. The Hall–Kier alpha value is -3.46. The van der Waals surface area contributed by atoms with Gasteiger partial charge in [-0.25, -0.2) is 4.98 Å². The molecule has 3 rings (SSSR count). The van der Waals surface area contributed by atoms with E-state index in [2.05, 4.69) is 24.1 Å². The van der Waals surface area contributed by atoms with Crippen molar-refractivity contribution in [1.82, 2.24) is 9.55 Å². The van der Waals surface area contributed by atoms with Crippen LogP contribution in [-0.4, -0.2) is 34.5 Å². The zero-order chi connectivity index (χ0) is 30.7. The minimum absolute atomic E-state index is 0.0417. The third kappa shape index (κ3) is 12.2. The molecule has 0 bridgehead atoms. The average Bonchev–Trinajstić information content (AvgIpc) is 3.29. The van der Waals surface area contributed by atoms with Crippen molar-refractivity contribution in [2.75, 3.05) is 12.4 Å². The Morgan fingerprint density at radius 2 is 1.70 bits per heavy atom. The topological polar surface area (TPSA) is 73.2 Å². The van der Waals surface area contributed by atoms with Gasteiger partial charge in [-0.3, -0.25) is 4.79 Å². The number of aryl methyl sites for hydroxylation is 3. The molecule has 0 spiro atoms. The lowest BCUT2D eigenvalue weighted by Gasteiger charge is -2.14. The number of ether oxygens (including phenoxy) is 1. The lowest BCUT2D eigenvalue weighted by Crippen LogP contribution is -2.15. The highest BCUT2D eigenvalue weighted by atomic mass is 19.4. The summed E-state index contributed by atoms with van der Waals surface area (Å²) in [6, 6.07) is 8.88. The van der Waals surface area contributed by atoms with Crippen molar-refractivity contribution >= 4 is 17.9 Å². The van der Waals surface area contributed by atoms with Crippen molar-refractivity contribution in [2.45, 2.75) is 80.0 Å². The zero-order valence-corrected chi connectivity index (χ0v) is 24.9. The van der Waals surface area contributed by atoms with Crippen LogP contribution >= 0.6 is 0 Å². The second kappa shape index (κ2) is 15.4. The van der Waals surface area contributed by atoms with Crippen molar-refractivity contribution < 1.29 is 27.5 Å². The van der Waals surface area contributed by atoms with Gasteiger partial charge in [0.1, 0.15) is 6.29 Å². The van der Waals surface area contributed by atoms with Crippen molar-refractivity contribution in [3.05, 3.63) is 76.9 Å². The van der Waals surface area contributed by atoms with Gasteiger partial charge in [-0.15, -0.1) is 0 Å². The second-order valence-electron chi connectivity index (χ2n) is 10.8. The molecular weight excluding hydrogens is 519 g/mol. The highest BCUT2D eigenvalue weighted by molar-refractivity contribution is 6.04. The molecular formula is C31H42F3N3O3. The van der Waals surface area contributed by atoms with E-state index in [1.165, 1.54) is 29.4 Å². The minimum atomic E-state index is -4.54. The molecule has 3 aromatic rings. The summed E-state index contributed by atoms with van der Waals surface area (Å²) in [4.78, 5) is 25.6. The highest BCUT2D eigenvalue weighted by Crippen LogP contribution is 2.33. The van der Waals surface area contributed by atoms with Gasteiger partial charge < -0.3 is 19.4 Å². The van der Waals surface area contributed by atoms with Crippen molar-refractivity contribution in [2.24, 2.45) is 5.92 Å². The number of imidazole rings is 1. The van der Waals surface area contributed by atoms with E-state index < -0.39 is 17.6 Å². The van der Waals surface area contributed by atoms with Gasteiger partial charge in [-0.2, -0.15) is 13.2 Å². The van der Waals surface area contributed by atoms with Gasteiger partial charge in [0.25, 0.3) is 5.91 Å². The number of benzene rings is 2. The van der Waals surface area contributed by atoms with Crippen LogP contribution in [0.2, 0.25) is 0 Å². The molecule has 1 amide bonds. The molecule has 1 N–H and O–H groups in total. The van der Waals surface area contributed by atoms with E-state index >= 15 is 0 Å². The smallest absolute Gasteiger partial charge is 0.379 e. The number of amides is 1. The van der Waals surface area contributed by atoms with Gasteiger partial charge in [0, 0.05) is 30.2 Å². The number of nitrogens with one attached hydrogen (secondary N) is 1. The summed E-state index contributed by atoms with van der Waals surface area (Å²) >= 11 is 0. The van der Waals surface area contributed by atoms with E-state index in [4.69, 9.17) is 9.53 Å². The number of methoxy groups -OCH3 is 1. The third-order valence-corrected chi connectivity index (χ3v) is 5.72. The molecule has 0 fully saturated rings. The maximum absolute atomic E-state index is 13.4. The standard InChI is InChI=1S/C24H26F3N3O.C5H12O.C2H4O/c1-15(2)5-6-18-7-8-19(9-16(18)3)23(31)29-21-10-20(24(25,26)27)11-22(12-21)30-13-17(4)28-14-30;1-5(2,3)6-4;1-2-3/h7-15H,5-6H2,1-4H3,(H,29,31);1-4H3;2H,1H3. The Balaban J connectivity index is 0.000000774. The van der Waals surface area contributed by atoms with Crippen LogP contribution in [0.3, 0.4) is 0 Å². The Labute approximate surface area is 236 Å². The normalized spacial score (nSPS) is 11.2. The predicted molar refractivity (Wildman–Crippen MR) is 154 cm³/mol. The minimum Gasteiger partial charge on any atom is -0.379 e. The molecule has 0 aliphatic rings. The summed E-state index contributed by atoms with van der Waals surface area (Å²) in [7, 11) is 1.71. The number of anilines is 1. The molecule has 0 aliphatic heterocycles. The van der Waals surface area contributed by atoms with E-state index in [9.17, 15) is 18.0 Å². The number of hydrogen-bond donors (Lipinski definition) is 1. The van der Waals surface area contributed by atoms with E-state index in [-0.39, 0.29) is 17.0 Å². The van der Waals surface area contributed by atoms with Crippen LogP contribution < -0.4 is 5.32 Å². The molecule has 0 radical (unpaired) electrons. The Morgan fingerprint density at radius 3 is 2.15 bits per heavy atom. The van der Waals surface area contributed by atoms with Crippen molar-refractivity contribution in [3.8, 4) is 5.69 Å². The first-order chi connectivity index (χ1) is 18.5. The first-order valence-electron chi connectivity index (χ1n) is 13.1. The monoisotopic (exact) mass is 561 g/mol. The molecule has 0 saturated carbocycles. The largest absolute Gasteiger partial charge is 0.416 e. The number of alkyl halides is 3. The molecule has 0 saturated heterocycles. The maximum Gasteiger partial charge on any atom is 0.416 e. The second-order valence-corrected chi connectivity index (χ2v) is 10.8. The SMILES string of the molecule is CC=O.COC(C)(C)C.Cc1cn(-c2cc(NC(=O)c3ccc(CCC(C)C)c(C)c3)cc(C(F)(F)F)c2)cn1. The zero-order valence-electron chi connectivity index (χ0n) is 24.9. The molecule has 1 heterocycles. The van der Waals surface area contributed by atoms with Crippen LogP contribution in [-0.2, 0) is 22.1 Å². The molecule has 1 aromatic heterocycles. The lowest BCUT2D eigenvalue weighted by atomic mass is 9.97. The molecule has 6 nitrogen and oxygen atoms in total. The van der Waals surface area contributed by atoms with Crippen LogP contribution in [0.25, 0.3) is 5.69 Å². The van der Waals surface area contributed by atoms with E-state index in [1.54, 1.807) is 32.4 Å². The fourth-order valence-electron chi connectivity index (χ4n) is 3.32. The molecule has 40 heavy (non-hydrogen) atoms. The van der Waals surface area contributed by atoms with E-state index in [1.807, 2.05) is 33.8 Å². The number of carbonyl (C=O) groups excluding carboxylic acids is 2. The summed E-state index contributed by atoms with van der Waals surface area (Å²) < 4.78 is 46.7. The fourth-order valence-corrected chi connectivity index (χ4v) is 3.32. The number of hydrogen-bond acceptors (Lipinski definition) is 4. The summed E-state index contributed by atoms with van der Waals surface area (Å²) in [5.41, 5.74) is 2.79. The number of rotatable bonds is 6. The number of carbonyl (C=O) groups is 2. The van der Waals surface area contributed by atoms with E-state index in [0.29, 0.717) is 17.2 Å². The van der Waals surface area contributed by atoms with Crippen molar-refractivity contribution in [3.63, 3.8) is 0 Å². The number of aromatic nitrogens is 2. The molecule has 2 aromatic carbocycles. The first kappa shape index (κ1) is 34.6. The van der Waals surface area contributed by atoms with Crippen LogP contribution in [0.5, 0.6) is 0 Å². The van der Waals surface area contributed by atoms with Gasteiger partial charge >= 0.3 is 6.18 Å². The van der Waals surface area contributed by atoms with Gasteiger partial charge in [0.2, 0.25) is 0 Å². The molecule has 0 atom stereocenters. The Morgan fingerprint density at radius 1 is 1.10 bits per heavy atom. The van der Waals surface area contributed by atoms with Crippen LogP contribution in [0.4, 0.5) is 18.9 Å². The number of nitrogens with zero attached hydrogens (tertiary/aromatic N) is 2. The fraction of sp³-hybridized carbons (Fsp3) is 0.452. The van der Waals surface area contributed by atoms with Gasteiger partial charge in [0.15, 0.2) is 0 Å². The van der Waals surface area contributed by atoms with Gasteiger partial charge in [0.05, 0.1) is 23.2 Å². The maximum atomic E-state index is 13.4. The summed E-state index contributed by atoms with van der Waals surface area (Å²) in [6.07, 6.45) is 1.25. The summed E-state index contributed by atoms with van der Waals surface area (Å²) in [6.45, 7) is 15.5. The van der Waals surface area contributed by atoms with Crippen LogP contribution in [0, 0.1) is 19.8 Å². The molecule has 220 valence electrons. The van der Waals surface area contributed by atoms with Crippen LogP contribution in [0.15, 0.2) is 48.9 Å². The van der Waals surface area contributed by atoms with Crippen molar-refractivity contribution in [1.29, 1.82) is 0 Å². The Bertz CT molecular complexity index is 1240. The summed E-state index contributed by atoms with van der Waals surface area (Å²) in [5.74, 6) is 0.127. The van der Waals surface area contributed by atoms with Crippen LogP contribution in [0.1, 0.15) is 80.7 Å². The lowest BCUT2D eigenvalue weighted by molar-refractivity contribution is -0.137. The molecule has 0 unspecified atom stereocenters. The number of halogens is 3. The highest BCUT2D eigenvalue weighted by Gasteiger charge is 2.31. The first-order valence-corrected chi connectivity index (χ1v) is 13.1. The average molecular weight is 562 g/mol.